The maximum atomic E-state index is 12.4. The van der Waals surface area contributed by atoms with E-state index in [-0.39, 0.29) is 17.3 Å². The fourth-order valence-electron chi connectivity index (χ4n) is 2.93. The van der Waals surface area contributed by atoms with Gasteiger partial charge in [-0.2, -0.15) is 8.78 Å². The summed E-state index contributed by atoms with van der Waals surface area (Å²) in [6.45, 7) is -2.53. The lowest BCUT2D eigenvalue weighted by molar-refractivity contribution is -0.129. The number of esters is 1. The monoisotopic (exact) mass is 421 g/mol. The minimum Gasteiger partial charge on any atom is -0.489 e. The molecule has 0 saturated heterocycles. The number of carbonyl (C=O) groups is 1. The van der Waals surface area contributed by atoms with Gasteiger partial charge in [-0.1, -0.05) is 48.5 Å². The highest BCUT2D eigenvalue weighted by atomic mass is 19.3. The number of cyclic esters (lactones) is 1. The Hall–Kier alpha value is -4.00. The predicted octanol–water partition coefficient (Wildman–Crippen LogP) is 5.21. The lowest BCUT2D eigenvalue weighted by atomic mass is 10.2. The zero-order valence-corrected chi connectivity index (χ0v) is 16.2. The fraction of sp³-hybridized carbons (Fsp3) is 0.0833. The van der Waals surface area contributed by atoms with Gasteiger partial charge in [-0.25, -0.2) is 9.79 Å². The van der Waals surface area contributed by atoms with E-state index >= 15 is 0 Å². The van der Waals surface area contributed by atoms with Crippen LogP contribution in [0.3, 0.4) is 0 Å². The highest BCUT2D eigenvalue weighted by molar-refractivity contribution is 6.13. The number of benzene rings is 3. The van der Waals surface area contributed by atoms with Crippen LogP contribution in [-0.4, -0.2) is 18.5 Å². The third kappa shape index (κ3) is 5.33. The number of carbonyl (C=O) groups excluding carboxylic acids is 1. The molecule has 3 aromatic rings. The summed E-state index contributed by atoms with van der Waals surface area (Å²) in [5, 5.41) is 0. The molecule has 0 aromatic heterocycles. The number of hydrogen-bond acceptors (Lipinski definition) is 5. The van der Waals surface area contributed by atoms with Crippen LogP contribution >= 0.6 is 0 Å². The first kappa shape index (κ1) is 20.3. The first-order valence-corrected chi connectivity index (χ1v) is 9.41. The smallest absolute Gasteiger partial charge is 0.387 e. The second-order valence-electron chi connectivity index (χ2n) is 6.59. The van der Waals surface area contributed by atoms with Crippen LogP contribution in [0.15, 0.2) is 89.6 Å². The molecule has 0 spiro atoms. The van der Waals surface area contributed by atoms with Crippen molar-refractivity contribution in [3.8, 4) is 11.5 Å². The zero-order valence-electron chi connectivity index (χ0n) is 16.2. The van der Waals surface area contributed by atoms with E-state index < -0.39 is 12.6 Å². The number of aliphatic imine (C=N–C) groups is 1. The van der Waals surface area contributed by atoms with Crippen molar-refractivity contribution in [2.75, 3.05) is 0 Å². The van der Waals surface area contributed by atoms with Crippen molar-refractivity contribution >= 4 is 17.9 Å². The quantitative estimate of drug-likeness (QED) is 0.388. The number of rotatable bonds is 7. The van der Waals surface area contributed by atoms with Crippen LogP contribution in [-0.2, 0) is 16.1 Å². The lowest BCUT2D eigenvalue weighted by Gasteiger charge is -2.07. The number of hydrogen-bond donors (Lipinski definition) is 0. The third-order valence-electron chi connectivity index (χ3n) is 4.34. The molecule has 31 heavy (non-hydrogen) atoms. The van der Waals surface area contributed by atoms with Crippen LogP contribution in [0.5, 0.6) is 11.5 Å². The third-order valence-corrected chi connectivity index (χ3v) is 4.34. The molecule has 3 aromatic carbocycles. The predicted molar refractivity (Wildman–Crippen MR) is 111 cm³/mol. The van der Waals surface area contributed by atoms with Crippen molar-refractivity contribution in [3.63, 3.8) is 0 Å². The molecular weight excluding hydrogens is 404 g/mol. The van der Waals surface area contributed by atoms with E-state index in [9.17, 15) is 13.6 Å². The Labute approximate surface area is 177 Å². The van der Waals surface area contributed by atoms with Gasteiger partial charge in [-0.15, -0.1) is 0 Å². The van der Waals surface area contributed by atoms with Crippen LogP contribution in [0.2, 0.25) is 0 Å². The summed E-state index contributed by atoms with van der Waals surface area (Å²) in [6, 6.07) is 22.8. The molecule has 0 aliphatic carbocycles. The molecule has 0 atom stereocenters. The second kappa shape index (κ2) is 9.21. The van der Waals surface area contributed by atoms with Crippen molar-refractivity contribution in [1.29, 1.82) is 0 Å². The van der Waals surface area contributed by atoms with E-state index in [2.05, 4.69) is 9.73 Å². The highest BCUT2D eigenvalue weighted by Gasteiger charge is 2.24. The average Bonchev–Trinajstić information content (AvgIpc) is 3.13. The number of ether oxygens (including phenoxy) is 3. The molecular formula is C24H17F2NO4. The topological polar surface area (TPSA) is 57.1 Å². The van der Waals surface area contributed by atoms with Gasteiger partial charge in [-0.3, -0.25) is 0 Å². The zero-order chi connectivity index (χ0) is 21.6. The van der Waals surface area contributed by atoms with Crippen molar-refractivity contribution in [2.45, 2.75) is 13.2 Å². The minimum absolute atomic E-state index is 0.0208. The Morgan fingerprint density at radius 3 is 2.52 bits per heavy atom. The minimum atomic E-state index is -2.95. The van der Waals surface area contributed by atoms with Crippen LogP contribution in [0.1, 0.15) is 16.7 Å². The number of nitrogens with zero attached hydrogens (tertiary/aromatic N) is 1. The molecule has 1 heterocycles. The van der Waals surface area contributed by atoms with E-state index in [1.54, 1.807) is 24.3 Å². The van der Waals surface area contributed by atoms with Gasteiger partial charge >= 0.3 is 12.6 Å². The highest BCUT2D eigenvalue weighted by Crippen LogP contribution is 2.24. The number of alkyl halides is 2. The van der Waals surface area contributed by atoms with Gasteiger partial charge in [0.05, 0.1) is 0 Å². The number of halogens is 2. The first-order valence-electron chi connectivity index (χ1n) is 9.41. The summed E-state index contributed by atoms with van der Waals surface area (Å²) in [4.78, 5) is 16.4. The van der Waals surface area contributed by atoms with Gasteiger partial charge in [0.25, 0.3) is 0 Å². The maximum Gasteiger partial charge on any atom is 0.387 e. The van der Waals surface area contributed by atoms with Crippen LogP contribution in [0.4, 0.5) is 8.78 Å². The Balaban J connectivity index is 1.51. The normalized spacial score (nSPS) is 14.5. The van der Waals surface area contributed by atoms with Crippen molar-refractivity contribution < 1.29 is 27.8 Å². The second-order valence-corrected chi connectivity index (χ2v) is 6.59. The molecule has 4 rings (SSSR count). The van der Waals surface area contributed by atoms with Gasteiger partial charge in [0.15, 0.2) is 5.70 Å². The van der Waals surface area contributed by atoms with Gasteiger partial charge < -0.3 is 14.2 Å². The molecule has 1 aliphatic rings. The molecule has 156 valence electrons. The molecule has 0 radical (unpaired) electrons. The first-order chi connectivity index (χ1) is 15.1. The SMILES string of the molecule is O=C1OC(c2cccc(OC(F)F)c2)=N/C1=C\c1cccc(OCc2ccccc2)c1. The van der Waals surface area contributed by atoms with E-state index in [0.717, 1.165) is 5.56 Å². The van der Waals surface area contributed by atoms with Crippen LogP contribution in [0, 0.1) is 0 Å². The van der Waals surface area contributed by atoms with E-state index in [0.29, 0.717) is 23.5 Å². The molecule has 0 amide bonds. The Kier molecular flexibility index (Phi) is 6.03. The van der Waals surface area contributed by atoms with E-state index in [1.165, 1.54) is 18.2 Å². The van der Waals surface area contributed by atoms with Crippen molar-refractivity contribution in [3.05, 3.63) is 101 Å². The summed E-state index contributed by atoms with van der Waals surface area (Å²) in [6.07, 6.45) is 1.57. The standard InChI is InChI=1S/C24H17F2NO4/c25-24(26)30-20-11-5-9-18(14-20)22-27-21(23(28)31-22)13-17-8-4-10-19(12-17)29-15-16-6-2-1-3-7-16/h1-14,24H,15H2/b21-13-. The molecule has 0 saturated carbocycles. The van der Waals surface area contributed by atoms with E-state index in [1.807, 2.05) is 42.5 Å². The van der Waals surface area contributed by atoms with Crippen molar-refractivity contribution in [1.82, 2.24) is 0 Å². The summed E-state index contributed by atoms with van der Waals surface area (Å²) >= 11 is 0. The molecule has 0 fully saturated rings. The summed E-state index contributed by atoms with van der Waals surface area (Å²) in [7, 11) is 0. The average molecular weight is 421 g/mol. The summed E-state index contributed by atoms with van der Waals surface area (Å²) in [5.41, 5.74) is 2.19. The largest absolute Gasteiger partial charge is 0.489 e. The Morgan fingerprint density at radius 1 is 0.935 bits per heavy atom. The maximum absolute atomic E-state index is 12.4. The van der Waals surface area contributed by atoms with Gasteiger partial charge in [0.1, 0.15) is 18.1 Å². The van der Waals surface area contributed by atoms with Gasteiger partial charge in [0.2, 0.25) is 5.90 Å². The molecule has 1 aliphatic heterocycles. The molecule has 0 N–H and O–H groups in total. The fourth-order valence-corrected chi connectivity index (χ4v) is 2.93. The van der Waals surface area contributed by atoms with Gasteiger partial charge in [0, 0.05) is 5.56 Å². The molecule has 0 bridgehead atoms. The lowest BCUT2D eigenvalue weighted by Crippen LogP contribution is -2.07. The Morgan fingerprint density at radius 2 is 1.71 bits per heavy atom. The summed E-state index contributed by atoms with van der Waals surface area (Å²) in [5.74, 6) is -0.0178. The molecule has 5 nitrogen and oxygen atoms in total. The van der Waals surface area contributed by atoms with Gasteiger partial charge in [-0.05, 0) is 47.5 Å². The van der Waals surface area contributed by atoms with Crippen molar-refractivity contribution in [2.24, 2.45) is 4.99 Å². The summed E-state index contributed by atoms with van der Waals surface area (Å²) < 4.78 is 40.2. The van der Waals surface area contributed by atoms with Crippen LogP contribution < -0.4 is 9.47 Å². The van der Waals surface area contributed by atoms with Crippen LogP contribution in [0.25, 0.3) is 6.08 Å². The van der Waals surface area contributed by atoms with E-state index in [4.69, 9.17) is 9.47 Å². The molecule has 7 heteroatoms. The Bertz CT molecular complexity index is 1140. The molecule has 0 unspecified atom stereocenters.